The lowest BCUT2D eigenvalue weighted by Gasteiger charge is -2.27. The van der Waals surface area contributed by atoms with Gasteiger partial charge in [0.25, 0.3) is 0 Å². The van der Waals surface area contributed by atoms with Crippen molar-refractivity contribution < 1.29 is 14.0 Å². The minimum Gasteiger partial charge on any atom is -0.335 e. The molecule has 2 atom stereocenters. The van der Waals surface area contributed by atoms with Crippen molar-refractivity contribution in [3.8, 4) is 0 Å². The number of rotatable bonds is 3. The molecule has 1 aliphatic carbocycles. The van der Waals surface area contributed by atoms with E-state index >= 15 is 0 Å². The molecule has 0 aromatic heterocycles. The molecule has 2 aromatic rings. The maximum Gasteiger partial charge on any atom is 0.319 e. The first-order valence-electron chi connectivity index (χ1n) is 9.72. The zero-order valence-electron chi connectivity index (χ0n) is 15.9. The van der Waals surface area contributed by atoms with E-state index in [9.17, 15) is 14.0 Å². The highest BCUT2D eigenvalue weighted by Crippen LogP contribution is 2.35. The maximum atomic E-state index is 13.5. The van der Waals surface area contributed by atoms with Crippen molar-refractivity contribution in [2.45, 2.75) is 44.1 Å². The van der Waals surface area contributed by atoms with Gasteiger partial charge in [0.2, 0.25) is 5.91 Å². The van der Waals surface area contributed by atoms with Gasteiger partial charge in [-0.1, -0.05) is 18.2 Å². The van der Waals surface area contributed by atoms with Crippen LogP contribution in [0.15, 0.2) is 42.5 Å². The molecular formula is C22H24FN3O2. The predicted molar refractivity (Wildman–Crippen MR) is 107 cm³/mol. The number of nitrogens with one attached hydrogen (secondary N) is 2. The molecule has 1 heterocycles. The second kappa shape index (κ2) is 7.62. The van der Waals surface area contributed by atoms with Crippen LogP contribution < -0.4 is 15.5 Å². The number of halogens is 1. The summed E-state index contributed by atoms with van der Waals surface area (Å²) in [5.74, 6) is 0.137. The van der Waals surface area contributed by atoms with Gasteiger partial charge in [0, 0.05) is 30.9 Å². The van der Waals surface area contributed by atoms with Crippen molar-refractivity contribution in [1.29, 1.82) is 0 Å². The molecule has 0 unspecified atom stereocenters. The standard InChI is InChI=1S/C22H24FN3O2/c1-26-20-7-3-6-19(18(20)10-11-21(26)27)25-22(28)24-17-9-8-15(13-17)14-4-2-5-16(23)12-14/h2-7,12,15,17H,8-11,13H2,1H3,(H2,24,25,28)/t15-,17+/m1/s1. The van der Waals surface area contributed by atoms with Crippen molar-refractivity contribution in [2.24, 2.45) is 0 Å². The Balaban J connectivity index is 1.39. The fourth-order valence-electron chi connectivity index (χ4n) is 4.32. The smallest absolute Gasteiger partial charge is 0.319 e. The van der Waals surface area contributed by atoms with Crippen LogP contribution in [0.1, 0.15) is 42.7 Å². The summed E-state index contributed by atoms with van der Waals surface area (Å²) in [5.41, 5.74) is 3.58. The van der Waals surface area contributed by atoms with Crippen LogP contribution in [-0.2, 0) is 11.2 Å². The average Bonchev–Trinajstić information content (AvgIpc) is 3.13. The summed E-state index contributed by atoms with van der Waals surface area (Å²) in [7, 11) is 1.76. The van der Waals surface area contributed by atoms with Crippen molar-refractivity contribution >= 4 is 23.3 Å². The highest BCUT2D eigenvalue weighted by molar-refractivity contribution is 5.99. The van der Waals surface area contributed by atoms with E-state index in [0.29, 0.717) is 12.8 Å². The third-order valence-electron chi connectivity index (χ3n) is 5.81. The molecule has 3 amide bonds. The number of hydrogen-bond donors (Lipinski definition) is 2. The van der Waals surface area contributed by atoms with Crippen LogP contribution in [0.25, 0.3) is 0 Å². The average molecular weight is 381 g/mol. The molecule has 28 heavy (non-hydrogen) atoms. The molecule has 5 nitrogen and oxygen atoms in total. The van der Waals surface area contributed by atoms with Crippen LogP contribution in [0.3, 0.4) is 0 Å². The van der Waals surface area contributed by atoms with Gasteiger partial charge in [-0.05, 0) is 67.0 Å². The molecule has 1 saturated carbocycles. The first-order valence-corrected chi connectivity index (χ1v) is 9.72. The third-order valence-corrected chi connectivity index (χ3v) is 5.81. The van der Waals surface area contributed by atoms with Gasteiger partial charge < -0.3 is 15.5 Å². The van der Waals surface area contributed by atoms with E-state index in [-0.39, 0.29) is 29.7 Å². The number of carbonyl (C=O) groups excluding carboxylic acids is 2. The van der Waals surface area contributed by atoms with Crippen LogP contribution in [0.2, 0.25) is 0 Å². The SMILES string of the molecule is CN1C(=O)CCc2c(NC(=O)N[C@H]3CC[C@@H](c4cccc(F)c4)C3)cccc21. The molecule has 2 aromatic carbocycles. The number of benzene rings is 2. The number of urea groups is 1. The molecule has 4 rings (SSSR count). The first-order chi connectivity index (χ1) is 13.5. The summed E-state index contributed by atoms with van der Waals surface area (Å²) in [6.45, 7) is 0. The van der Waals surface area contributed by atoms with Gasteiger partial charge in [0.05, 0.1) is 0 Å². The van der Waals surface area contributed by atoms with Gasteiger partial charge >= 0.3 is 6.03 Å². The quantitative estimate of drug-likeness (QED) is 0.837. The molecule has 0 spiro atoms. The lowest BCUT2D eigenvalue weighted by molar-refractivity contribution is -0.118. The number of fused-ring (bicyclic) bond motifs is 1. The Bertz CT molecular complexity index is 914. The molecule has 0 saturated heterocycles. The van der Waals surface area contributed by atoms with Crippen molar-refractivity contribution in [1.82, 2.24) is 5.32 Å². The molecule has 146 valence electrons. The molecule has 1 aliphatic heterocycles. The monoisotopic (exact) mass is 381 g/mol. The summed E-state index contributed by atoms with van der Waals surface area (Å²) in [6, 6.07) is 12.2. The minimum absolute atomic E-state index is 0.0667. The fourth-order valence-corrected chi connectivity index (χ4v) is 4.32. The van der Waals surface area contributed by atoms with Gasteiger partial charge in [-0.15, -0.1) is 0 Å². The topological polar surface area (TPSA) is 61.4 Å². The molecule has 2 aliphatic rings. The van der Waals surface area contributed by atoms with Crippen LogP contribution in [-0.4, -0.2) is 25.0 Å². The van der Waals surface area contributed by atoms with Crippen LogP contribution >= 0.6 is 0 Å². The fraction of sp³-hybridized carbons (Fsp3) is 0.364. The van der Waals surface area contributed by atoms with Gasteiger partial charge in [0.1, 0.15) is 5.82 Å². The molecule has 0 bridgehead atoms. The van der Waals surface area contributed by atoms with Crippen molar-refractivity contribution in [3.63, 3.8) is 0 Å². The zero-order valence-corrected chi connectivity index (χ0v) is 15.9. The highest BCUT2D eigenvalue weighted by Gasteiger charge is 2.28. The molecule has 0 radical (unpaired) electrons. The minimum atomic E-state index is -0.238. The number of anilines is 2. The van der Waals surface area contributed by atoms with Crippen LogP contribution in [0.4, 0.5) is 20.6 Å². The molecule has 2 N–H and O–H groups in total. The Morgan fingerprint density at radius 2 is 1.96 bits per heavy atom. The highest BCUT2D eigenvalue weighted by atomic mass is 19.1. The Morgan fingerprint density at radius 1 is 1.14 bits per heavy atom. The van der Waals surface area contributed by atoms with E-state index in [1.807, 2.05) is 24.3 Å². The van der Waals surface area contributed by atoms with E-state index in [2.05, 4.69) is 10.6 Å². The summed E-state index contributed by atoms with van der Waals surface area (Å²) in [4.78, 5) is 26.1. The molecule has 6 heteroatoms. The summed E-state index contributed by atoms with van der Waals surface area (Å²) < 4.78 is 13.5. The second-order valence-electron chi connectivity index (χ2n) is 7.62. The van der Waals surface area contributed by atoms with Crippen molar-refractivity contribution in [3.05, 3.63) is 59.4 Å². The van der Waals surface area contributed by atoms with E-state index in [4.69, 9.17) is 0 Å². The summed E-state index contributed by atoms with van der Waals surface area (Å²) >= 11 is 0. The van der Waals surface area contributed by atoms with Gasteiger partial charge in [0.15, 0.2) is 0 Å². The number of carbonyl (C=O) groups is 2. The number of amides is 3. The largest absolute Gasteiger partial charge is 0.335 e. The lowest BCUT2D eigenvalue weighted by atomic mass is 9.97. The normalized spacial score (nSPS) is 21.4. The maximum absolute atomic E-state index is 13.5. The van der Waals surface area contributed by atoms with Crippen LogP contribution in [0.5, 0.6) is 0 Å². The number of hydrogen-bond acceptors (Lipinski definition) is 2. The van der Waals surface area contributed by atoms with E-state index in [1.54, 1.807) is 24.1 Å². The van der Waals surface area contributed by atoms with Gasteiger partial charge in [-0.25, -0.2) is 9.18 Å². The van der Waals surface area contributed by atoms with E-state index < -0.39 is 0 Å². The van der Waals surface area contributed by atoms with Crippen molar-refractivity contribution in [2.75, 3.05) is 17.3 Å². The predicted octanol–water partition coefficient (Wildman–Crippen LogP) is 4.19. The Morgan fingerprint density at radius 3 is 2.79 bits per heavy atom. The molecule has 1 fully saturated rings. The number of nitrogens with zero attached hydrogens (tertiary/aromatic N) is 1. The lowest BCUT2D eigenvalue weighted by Crippen LogP contribution is -2.37. The van der Waals surface area contributed by atoms with E-state index in [1.165, 1.54) is 6.07 Å². The second-order valence-corrected chi connectivity index (χ2v) is 7.62. The molecular weight excluding hydrogens is 357 g/mol. The van der Waals surface area contributed by atoms with Gasteiger partial charge in [-0.2, -0.15) is 0 Å². The van der Waals surface area contributed by atoms with E-state index in [0.717, 1.165) is 41.8 Å². The summed E-state index contributed by atoms with van der Waals surface area (Å²) in [5, 5.41) is 5.99. The zero-order chi connectivity index (χ0) is 19.7. The third kappa shape index (κ3) is 3.72. The summed E-state index contributed by atoms with van der Waals surface area (Å²) in [6.07, 6.45) is 3.68. The Kier molecular flexibility index (Phi) is 5.03. The first kappa shape index (κ1) is 18.5. The van der Waals surface area contributed by atoms with Gasteiger partial charge in [-0.3, -0.25) is 4.79 Å². The van der Waals surface area contributed by atoms with Crippen LogP contribution in [0, 0.1) is 5.82 Å². The Hall–Kier alpha value is -2.89. The Labute approximate surface area is 163 Å².